The van der Waals surface area contributed by atoms with E-state index in [1.807, 2.05) is 0 Å². The molecule has 0 atom stereocenters. The van der Waals surface area contributed by atoms with Gasteiger partial charge in [-0.05, 0) is 6.92 Å². The van der Waals surface area contributed by atoms with Crippen LogP contribution in [-0.4, -0.2) is 21.7 Å². The molecule has 0 aromatic heterocycles. The van der Waals surface area contributed by atoms with Crippen LogP contribution in [0.4, 0.5) is 0 Å². The first-order chi connectivity index (χ1) is 5.11. The first-order valence-electron chi connectivity index (χ1n) is 3.10. The van der Waals surface area contributed by atoms with E-state index >= 15 is 0 Å². The molecule has 1 heterocycles. The normalized spacial score (nSPS) is 17.5. The van der Waals surface area contributed by atoms with Crippen molar-refractivity contribution >= 4 is 0 Å². The number of hydrogen-bond acceptors (Lipinski definition) is 4. The van der Waals surface area contributed by atoms with Crippen molar-refractivity contribution in [2.75, 3.05) is 6.54 Å². The molecule has 0 bridgehead atoms. The van der Waals surface area contributed by atoms with Crippen LogP contribution in [0.5, 0.6) is 0 Å². The van der Waals surface area contributed by atoms with Crippen LogP contribution < -0.4 is 0 Å². The van der Waals surface area contributed by atoms with Gasteiger partial charge in [0.1, 0.15) is 0 Å². The molecule has 0 unspecified atom stereocenters. The predicted molar refractivity (Wildman–Crippen MR) is 37.3 cm³/mol. The van der Waals surface area contributed by atoms with Crippen LogP contribution in [0.25, 0.3) is 0 Å². The molecule has 1 N–H and O–H groups in total. The van der Waals surface area contributed by atoms with E-state index in [1.165, 1.54) is 12.2 Å². The molecule has 0 amide bonds. The second-order valence-corrected chi connectivity index (χ2v) is 2.25. The molecule has 1 aliphatic rings. The Morgan fingerprint density at radius 1 is 1.82 bits per heavy atom. The third-order valence-corrected chi connectivity index (χ3v) is 1.45. The fraction of sp³-hybridized carbons (Fsp3) is 0.333. The summed E-state index contributed by atoms with van der Waals surface area (Å²) in [5.74, 6) is 0. The van der Waals surface area contributed by atoms with Crippen LogP contribution >= 0.6 is 0 Å². The second kappa shape index (κ2) is 2.71. The minimum absolute atomic E-state index is 0.0350. The van der Waals surface area contributed by atoms with Crippen molar-refractivity contribution in [1.82, 2.24) is 5.06 Å². The van der Waals surface area contributed by atoms with E-state index in [0.29, 0.717) is 5.70 Å². The standard InChI is InChI=1S/C6H8N2O3/c1-5-4-6(8(10)11)2-3-7(5)9/h2,4,9H,3H2,1H3. The Morgan fingerprint density at radius 3 is 2.91 bits per heavy atom. The maximum atomic E-state index is 10.2. The maximum Gasteiger partial charge on any atom is 0.269 e. The molecule has 1 aliphatic heterocycles. The highest BCUT2D eigenvalue weighted by Crippen LogP contribution is 2.11. The molecule has 11 heavy (non-hydrogen) atoms. The van der Waals surface area contributed by atoms with E-state index in [9.17, 15) is 10.1 Å². The minimum atomic E-state index is -0.476. The first kappa shape index (κ1) is 7.74. The van der Waals surface area contributed by atoms with Crippen molar-refractivity contribution < 1.29 is 10.1 Å². The highest BCUT2D eigenvalue weighted by atomic mass is 16.6. The zero-order valence-electron chi connectivity index (χ0n) is 6.02. The summed E-state index contributed by atoms with van der Waals surface area (Å²) in [6.45, 7) is 1.79. The lowest BCUT2D eigenvalue weighted by atomic mass is 10.2. The highest BCUT2D eigenvalue weighted by Gasteiger charge is 2.14. The smallest absolute Gasteiger partial charge is 0.269 e. The van der Waals surface area contributed by atoms with Crippen LogP contribution in [0.15, 0.2) is 23.5 Å². The molecule has 5 heteroatoms. The molecule has 0 saturated heterocycles. The van der Waals surface area contributed by atoms with Gasteiger partial charge in [0, 0.05) is 17.8 Å². The fourth-order valence-corrected chi connectivity index (χ4v) is 0.799. The van der Waals surface area contributed by atoms with Crippen molar-refractivity contribution in [3.05, 3.63) is 33.7 Å². The van der Waals surface area contributed by atoms with E-state index in [2.05, 4.69) is 0 Å². The van der Waals surface area contributed by atoms with E-state index in [-0.39, 0.29) is 12.2 Å². The summed E-state index contributed by atoms with van der Waals surface area (Å²) < 4.78 is 0. The van der Waals surface area contributed by atoms with Gasteiger partial charge in [0.2, 0.25) is 0 Å². The molecule has 0 aromatic carbocycles. The number of allylic oxidation sites excluding steroid dienone is 2. The quantitative estimate of drug-likeness (QED) is 0.449. The van der Waals surface area contributed by atoms with Gasteiger partial charge in [-0.1, -0.05) is 0 Å². The molecular formula is C6H8N2O3. The van der Waals surface area contributed by atoms with E-state index in [4.69, 9.17) is 5.21 Å². The van der Waals surface area contributed by atoms with Gasteiger partial charge < -0.3 is 0 Å². The zero-order valence-corrected chi connectivity index (χ0v) is 6.02. The van der Waals surface area contributed by atoms with E-state index < -0.39 is 4.92 Å². The Hall–Kier alpha value is -1.36. The summed E-state index contributed by atoms with van der Waals surface area (Å²) in [6, 6.07) is 0. The molecule has 5 nitrogen and oxygen atoms in total. The molecule has 0 fully saturated rings. The Balaban J connectivity index is 2.83. The fourth-order valence-electron chi connectivity index (χ4n) is 0.799. The van der Waals surface area contributed by atoms with Crippen molar-refractivity contribution in [2.24, 2.45) is 0 Å². The first-order valence-corrected chi connectivity index (χ1v) is 3.10. The van der Waals surface area contributed by atoms with Crippen LogP contribution in [0.3, 0.4) is 0 Å². The van der Waals surface area contributed by atoms with Gasteiger partial charge >= 0.3 is 0 Å². The lowest BCUT2D eigenvalue weighted by molar-refractivity contribution is -0.420. The summed E-state index contributed by atoms with van der Waals surface area (Å²) in [5, 5.41) is 20.1. The molecule has 60 valence electrons. The van der Waals surface area contributed by atoms with Gasteiger partial charge in [0.05, 0.1) is 11.5 Å². The summed E-state index contributed by atoms with van der Waals surface area (Å²) in [7, 11) is 0. The third-order valence-electron chi connectivity index (χ3n) is 1.45. The Labute approximate surface area is 63.3 Å². The number of nitro groups is 1. The average Bonchev–Trinajstić information content (AvgIpc) is 1.94. The summed E-state index contributed by atoms with van der Waals surface area (Å²) in [6.07, 6.45) is 2.68. The van der Waals surface area contributed by atoms with Gasteiger partial charge in [-0.2, -0.15) is 0 Å². The van der Waals surface area contributed by atoms with Crippen LogP contribution in [0.2, 0.25) is 0 Å². The lowest BCUT2D eigenvalue weighted by Gasteiger charge is -2.17. The predicted octanol–water partition coefficient (Wildman–Crippen LogP) is 0.756. The topological polar surface area (TPSA) is 66.6 Å². The molecule has 0 spiro atoms. The molecule has 0 aromatic rings. The number of hydrogen-bond donors (Lipinski definition) is 1. The molecular weight excluding hydrogens is 148 g/mol. The van der Waals surface area contributed by atoms with E-state index in [0.717, 1.165) is 5.06 Å². The number of nitrogens with zero attached hydrogens (tertiary/aromatic N) is 2. The Kier molecular flexibility index (Phi) is 1.91. The van der Waals surface area contributed by atoms with Crippen LogP contribution in [0.1, 0.15) is 6.92 Å². The average molecular weight is 156 g/mol. The maximum absolute atomic E-state index is 10.2. The summed E-state index contributed by atoms with van der Waals surface area (Å²) in [4.78, 5) is 9.72. The van der Waals surface area contributed by atoms with Gasteiger partial charge in [-0.3, -0.25) is 20.4 Å². The summed E-state index contributed by atoms with van der Waals surface area (Å²) >= 11 is 0. The Bertz CT molecular complexity index is 244. The second-order valence-electron chi connectivity index (χ2n) is 2.25. The van der Waals surface area contributed by atoms with Gasteiger partial charge in [-0.15, -0.1) is 0 Å². The van der Waals surface area contributed by atoms with Crippen LogP contribution in [0, 0.1) is 10.1 Å². The van der Waals surface area contributed by atoms with Crippen molar-refractivity contribution in [3.63, 3.8) is 0 Å². The zero-order chi connectivity index (χ0) is 8.43. The molecule has 0 aliphatic carbocycles. The SMILES string of the molecule is CC1=CC([N+](=O)[O-])=CCN1O. The van der Waals surface area contributed by atoms with Crippen molar-refractivity contribution in [1.29, 1.82) is 0 Å². The number of hydroxylamine groups is 2. The minimum Gasteiger partial charge on any atom is -0.288 e. The molecule has 0 saturated carbocycles. The molecule has 1 rings (SSSR count). The van der Waals surface area contributed by atoms with Gasteiger partial charge in [0.15, 0.2) is 0 Å². The van der Waals surface area contributed by atoms with Crippen LogP contribution in [-0.2, 0) is 0 Å². The van der Waals surface area contributed by atoms with Crippen molar-refractivity contribution in [2.45, 2.75) is 6.92 Å². The van der Waals surface area contributed by atoms with Gasteiger partial charge in [-0.25, -0.2) is 0 Å². The highest BCUT2D eigenvalue weighted by molar-refractivity contribution is 5.19. The number of rotatable bonds is 1. The summed E-state index contributed by atoms with van der Waals surface area (Å²) in [5.41, 5.74) is 0.520. The Morgan fingerprint density at radius 2 is 2.45 bits per heavy atom. The van der Waals surface area contributed by atoms with Crippen molar-refractivity contribution in [3.8, 4) is 0 Å². The molecule has 0 radical (unpaired) electrons. The third kappa shape index (κ3) is 1.56. The van der Waals surface area contributed by atoms with E-state index in [1.54, 1.807) is 6.92 Å². The largest absolute Gasteiger partial charge is 0.288 e. The lowest BCUT2D eigenvalue weighted by Crippen LogP contribution is -2.21. The van der Waals surface area contributed by atoms with Gasteiger partial charge in [0.25, 0.3) is 5.70 Å². The monoisotopic (exact) mass is 156 g/mol.